The normalized spacial score (nSPS) is 14.0. The lowest BCUT2D eigenvalue weighted by molar-refractivity contribution is -0.154. The molecule has 0 saturated carbocycles. The number of rotatable bonds is 36. The van der Waals surface area contributed by atoms with Crippen molar-refractivity contribution in [2.75, 3.05) is 33.0 Å². The third-order valence-electron chi connectivity index (χ3n) is 7.82. The van der Waals surface area contributed by atoms with Crippen LogP contribution in [0.2, 0.25) is 0 Å². The van der Waals surface area contributed by atoms with Crippen LogP contribution in [0.1, 0.15) is 162 Å². The Labute approximate surface area is 288 Å². The maximum atomic E-state index is 12.5. The van der Waals surface area contributed by atoms with E-state index >= 15 is 0 Å². The quantitative estimate of drug-likeness (QED) is 0.0290. The van der Waals surface area contributed by atoms with Crippen LogP contribution in [0.5, 0.6) is 0 Å². The molecule has 47 heavy (non-hydrogen) atoms. The van der Waals surface area contributed by atoms with Gasteiger partial charge in [0, 0.05) is 19.6 Å². The van der Waals surface area contributed by atoms with Crippen molar-refractivity contribution in [3.8, 4) is 0 Å². The van der Waals surface area contributed by atoms with E-state index in [1.807, 2.05) is 0 Å². The number of hydrogen-bond acceptors (Lipinski definition) is 7. The summed E-state index contributed by atoms with van der Waals surface area (Å²) in [6.45, 7) is 4.77. The summed E-state index contributed by atoms with van der Waals surface area (Å²) in [5.41, 5.74) is 5.35. The number of carbonyl (C=O) groups excluding carboxylic acids is 1. The largest absolute Gasteiger partial charge is 0.472 e. The van der Waals surface area contributed by atoms with Gasteiger partial charge in [0.25, 0.3) is 0 Å². The van der Waals surface area contributed by atoms with Crippen molar-refractivity contribution in [2.24, 2.45) is 5.73 Å². The summed E-state index contributed by atoms with van der Waals surface area (Å²) in [4.78, 5) is 22.4. The summed E-state index contributed by atoms with van der Waals surface area (Å²) < 4.78 is 33.3. The SMILES string of the molecule is CC/C=C\C/C=C\C/C=C\CCCCCCCCOCC(COP(=O)(O)OCCN)OC(=O)CCCCCCCCCCCCCC. The zero-order valence-corrected chi connectivity index (χ0v) is 31.2. The Morgan fingerprint density at radius 2 is 1.19 bits per heavy atom. The second kappa shape index (κ2) is 36.0. The minimum Gasteiger partial charge on any atom is -0.457 e. The highest BCUT2D eigenvalue weighted by molar-refractivity contribution is 7.47. The van der Waals surface area contributed by atoms with E-state index in [1.165, 1.54) is 77.0 Å². The van der Waals surface area contributed by atoms with Crippen molar-refractivity contribution in [1.29, 1.82) is 0 Å². The molecule has 0 amide bonds. The number of carbonyl (C=O) groups is 1. The summed E-state index contributed by atoms with van der Waals surface area (Å²) in [5.74, 6) is -0.337. The van der Waals surface area contributed by atoms with Gasteiger partial charge >= 0.3 is 13.8 Å². The number of esters is 1. The van der Waals surface area contributed by atoms with Gasteiger partial charge in [-0.25, -0.2) is 4.57 Å². The predicted octanol–water partition coefficient (Wildman–Crippen LogP) is 10.7. The average Bonchev–Trinajstić information content (AvgIpc) is 3.06. The highest BCUT2D eigenvalue weighted by Crippen LogP contribution is 2.43. The molecule has 0 heterocycles. The highest BCUT2D eigenvalue weighted by atomic mass is 31.2. The Morgan fingerprint density at radius 1 is 0.660 bits per heavy atom. The van der Waals surface area contributed by atoms with E-state index in [0.29, 0.717) is 13.0 Å². The van der Waals surface area contributed by atoms with Gasteiger partial charge in [-0.2, -0.15) is 0 Å². The van der Waals surface area contributed by atoms with Crippen LogP contribution in [0.4, 0.5) is 0 Å². The molecule has 2 atom stereocenters. The van der Waals surface area contributed by atoms with Crippen molar-refractivity contribution in [3.63, 3.8) is 0 Å². The number of unbranched alkanes of at least 4 members (excludes halogenated alkanes) is 17. The molecule has 0 fully saturated rings. The van der Waals surface area contributed by atoms with E-state index in [-0.39, 0.29) is 32.3 Å². The monoisotopic (exact) mass is 686 g/mol. The molecule has 276 valence electrons. The molecule has 0 aromatic heterocycles. The van der Waals surface area contributed by atoms with Crippen LogP contribution in [-0.4, -0.2) is 49.9 Å². The second-order valence-electron chi connectivity index (χ2n) is 12.4. The van der Waals surface area contributed by atoms with Crippen molar-refractivity contribution in [2.45, 2.75) is 168 Å². The lowest BCUT2D eigenvalue weighted by Crippen LogP contribution is -2.28. The Hall–Kier alpha value is -1.28. The summed E-state index contributed by atoms with van der Waals surface area (Å²) in [7, 11) is -4.27. The number of nitrogens with two attached hydrogens (primary N) is 1. The highest BCUT2D eigenvalue weighted by Gasteiger charge is 2.25. The summed E-state index contributed by atoms with van der Waals surface area (Å²) in [6, 6.07) is 0. The molecule has 0 rings (SSSR count). The van der Waals surface area contributed by atoms with Crippen LogP contribution < -0.4 is 5.73 Å². The van der Waals surface area contributed by atoms with E-state index < -0.39 is 13.9 Å². The molecule has 0 aliphatic heterocycles. The zero-order chi connectivity index (χ0) is 34.5. The van der Waals surface area contributed by atoms with Gasteiger partial charge in [0.05, 0.1) is 19.8 Å². The molecule has 0 bridgehead atoms. The van der Waals surface area contributed by atoms with Gasteiger partial charge in [-0.3, -0.25) is 13.8 Å². The van der Waals surface area contributed by atoms with E-state index in [4.69, 9.17) is 24.3 Å². The maximum absolute atomic E-state index is 12.5. The number of allylic oxidation sites excluding steroid dienone is 6. The summed E-state index contributed by atoms with van der Waals surface area (Å²) >= 11 is 0. The summed E-state index contributed by atoms with van der Waals surface area (Å²) in [5, 5.41) is 0. The van der Waals surface area contributed by atoms with Crippen molar-refractivity contribution in [3.05, 3.63) is 36.5 Å². The minimum absolute atomic E-state index is 0.0978. The Morgan fingerprint density at radius 3 is 1.79 bits per heavy atom. The van der Waals surface area contributed by atoms with Crippen LogP contribution in [0.3, 0.4) is 0 Å². The third-order valence-corrected chi connectivity index (χ3v) is 8.81. The Kier molecular flexibility index (Phi) is 35.0. The van der Waals surface area contributed by atoms with E-state index in [1.54, 1.807) is 0 Å². The fraction of sp³-hybridized carbons (Fsp3) is 0.816. The molecule has 2 unspecified atom stereocenters. The molecule has 3 N–H and O–H groups in total. The predicted molar refractivity (Wildman–Crippen MR) is 196 cm³/mol. The number of phosphoric ester groups is 1. The van der Waals surface area contributed by atoms with Crippen LogP contribution in [0, 0.1) is 0 Å². The molecule has 0 aromatic rings. The number of ether oxygens (including phenoxy) is 2. The molecule has 0 aliphatic carbocycles. The number of hydrogen-bond donors (Lipinski definition) is 2. The molecule has 0 aromatic carbocycles. The van der Waals surface area contributed by atoms with Crippen molar-refractivity contribution < 1.29 is 32.8 Å². The molecule has 9 heteroatoms. The molecule has 8 nitrogen and oxygen atoms in total. The smallest absolute Gasteiger partial charge is 0.457 e. The third kappa shape index (κ3) is 35.8. The zero-order valence-electron chi connectivity index (χ0n) is 30.3. The molecule has 0 radical (unpaired) electrons. The molecule has 0 spiro atoms. The van der Waals surface area contributed by atoms with Crippen molar-refractivity contribution >= 4 is 13.8 Å². The molecule has 0 saturated heterocycles. The van der Waals surface area contributed by atoms with Gasteiger partial charge in [0.1, 0.15) is 6.10 Å². The van der Waals surface area contributed by atoms with Gasteiger partial charge in [-0.1, -0.05) is 147 Å². The standard InChI is InChI=1S/C38H72NO7P/c1-3-5-7-9-11-13-15-17-18-19-20-22-24-26-28-30-33-43-35-37(36-45-47(41,42)44-34-32-39)46-38(40)31-29-27-25-23-21-16-14-12-10-8-6-4-2/h5,7,11,13,17-18,37H,3-4,6,8-10,12,14-16,19-36,39H2,1-2H3,(H,41,42)/b7-5-,13-11-,18-17-. The van der Waals surface area contributed by atoms with E-state index in [9.17, 15) is 14.3 Å². The Balaban J connectivity index is 4.10. The van der Waals surface area contributed by atoms with E-state index in [2.05, 4.69) is 50.3 Å². The second-order valence-corrected chi connectivity index (χ2v) is 13.9. The first-order valence-corrected chi connectivity index (χ1v) is 20.5. The lowest BCUT2D eigenvalue weighted by atomic mass is 10.0. The number of phosphoric acid groups is 1. The summed E-state index contributed by atoms with van der Waals surface area (Å²) in [6.07, 6.45) is 38.7. The van der Waals surface area contributed by atoms with E-state index in [0.717, 1.165) is 64.2 Å². The first-order valence-electron chi connectivity index (χ1n) is 19.0. The molecular formula is C38H72NO7P. The lowest BCUT2D eigenvalue weighted by Gasteiger charge is -2.20. The van der Waals surface area contributed by atoms with Gasteiger partial charge in [0.2, 0.25) is 0 Å². The van der Waals surface area contributed by atoms with Gasteiger partial charge in [-0.15, -0.1) is 0 Å². The van der Waals surface area contributed by atoms with Crippen LogP contribution >= 0.6 is 7.82 Å². The average molecular weight is 686 g/mol. The van der Waals surface area contributed by atoms with Gasteiger partial charge in [-0.05, 0) is 44.9 Å². The van der Waals surface area contributed by atoms with Crippen LogP contribution in [0.25, 0.3) is 0 Å². The van der Waals surface area contributed by atoms with Crippen molar-refractivity contribution in [1.82, 2.24) is 0 Å². The minimum atomic E-state index is -4.27. The maximum Gasteiger partial charge on any atom is 0.472 e. The fourth-order valence-corrected chi connectivity index (χ4v) is 5.83. The first kappa shape index (κ1) is 45.7. The van der Waals surface area contributed by atoms with Gasteiger partial charge in [0.15, 0.2) is 0 Å². The van der Waals surface area contributed by atoms with Crippen LogP contribution in [0.15, 0.2) is 36.5 Å². The van der Waals surface area contributed by atoms with Crippen LogP contribution in [-0.2, 0) is 27.9 Å². The van der Waals surface area contributed by atoms with Gasteiger partial charge < -0.3 is 20.1 Å². The Bertz CT molecular complexity index is 818. The molecule has 0 aliphatic rings. The topological polar surface area (TPSA) is 117 Å². The first-order chi connectivity index (χ1) is 22.9. The molecular weight excluding hydrogens is 613 g/mol. The fourth-order valence-electron chi connectivity index (χ4n) is 5.07.